The zero-order chi connectivity index (χ0) is 32.1. The minimum atomic E-state index is 1.17. The van der Waals surface area contributed by atoms with Gasteiger partial charge in [0.05, 0.1) is 0 Å². The van der Waals surface area contributed by atoms with Crippen LogP contribution in [0, 0.1) is 0 Å². The fourth-order valence-corrected chi connectivity index (χ4v) is 6.75. The lowest BCUT2D eigenvalue weighted by molar-refractivity contribution is 1.55. The molecule has 0 radical (unpaired) electrons. The van der Waals surface area contributed by atoms with E-state index in [1.807, 2.05) is 6.07 Å². The standard InChI is InChI=1S/C48H34/c1-4-14-35(15-5-1)24-25-36-26-30-40(31-27-36)47-42-20-10-12-22-44(42)48(45-23-13-11-21-43(45)47)41-32-28-37(29-33-41)34-46(38-16-6-2-7-17-38)39-18-8-3-9-19-39/h1-34H/b25-24+. The van der Waals surface area contributed by atoms with Gasteiger partial charge >= 0.3 is 0 Å². The highest BCUT2D eigenvalue weighted by molar-refractivity contribution is 6.21. The first-order chi connectivity index (χ1) is 23.8. The van der Waals surface area contributed by atoms with Gasteiger partial charge in [-0.1, -0.05) is 200 Å². The Hall–Kier alpha value is -6.24. The smallest absolute Gasteiger partial charge is 0.00264 e. The van der Waals surface area contributed by atoms with Gasteiger partial charge in [-0.05, 0) is 83.3 Å². The molecule has 0 N–H and O–H groups in total. The Morgan fingerprint density at radius 1 is 0.292 bits per heavy atom. The second-order valence-corrected chi connectivity index (χ2v) is 12.1. The molecule has 8 rings (SSSR count). The van der Waals surface area contributed by atoms with Crippen molar-refractivity contribution >= 4 is 45.3 Å². The van der Waals surface area contributed by atoms with Crippen LogP contribution in [0.2, 0.25) is 0 Å². The van der Waals surface area contributed by atoms with Crippen molar-refractivity contribution in [3.63, 3.8) is 0 Å². The van der Waals surface area contributed by atoms with Crippen molar-refractivity contribution in [1.29, 1.82) is 0 Å². The molecule has 0 amide bonds. The normalized spacial score (nSPS) is 11.2. The Morgan fingerprint density at radius 2 is 0.625 bits per heavy atom. The van der Waals surface area contributed by atoms with Gasteiger partial charge in [0.2, 0.25) is 0 Å². The summed E-state index contributed by atoms with van der Waals surface area (Å²) in [5.41, 5.74) is 12.2. The van der Waals surface area contributed by atoms with Gasteiger partial charge in [-0.3, -0.25) is 0 Å². The van der Waals surface area contributed by atoms with Crippen molar-refractivity contribution in [3.8, 4) is 22.3 Å². The maximum Gasteiger partial charge on any atom is -0.00264 e. The Kier molecular flexibility index (Phi) is 8.05. The van der Waals surface area contributed by atoms with Crippen LogP contribution >= 0.6 is 0 Å². The summed E-state index contributed by atoms with van der Waals surface area (Å²) in [7, 11) is 0. The summed E-state index contributed by atoms with van der Waals surface area (Å²) in [4.78, 5) is 0. The molecule has 0 aromatic heterocycles. The molecular weight excluding hydrogens is 577 g/mol. The number of benzene rings is 8. The monoisotopic (exact) mass is 610 g/mol. The molecule has 0 fully saturated rings. The van der Waals surface area contributed by atoms with E-state index in [4.69, 9.17) is 0 Å². The molecule has 0 unspecified atom stereocenters. The maximum atomic E-state index is 2.30. The van der Waals surface area contributed by atoms with Gasteiger partial charge in [0.25, 0.3) is 0 Å². The van der Waals surface area contributed by atoms with Crippen LogP contribution in [0.1, 0.15) is 27.8 Å². The molecule has 226 valence electrons. The average molecular weight is 611 g/mol. The molecule has 0 bridgehead atoms. The first-order valence-electron chi connectivity index (χ1n) is 16.5. The highest BCUT2D eigenvalue weighted by Gasteiger charge is 2.16. The SMILES string of the molecule is C(=C(c1ccccc1)c1ccccc1)c1ccc(-c2c3ccccc3c(-c3ccc(/C=C/c4ccccc4)cc3)c3ccccc23)cc1. The highest BCUT2D eigenvalue weighted by Crippen LogP contribution is 2.43. The molecule has 0 spiro atoms. The van der Waals surface area contributed by atoms with Crippen molar-refractivity contribution in [2.24, 2.45) is 0 Å². The average Bonchev–Trinajstić information content (AvgIpc) is 3.17. The molecule has 0 heterocycles. The quantitative estimate of drug-likeness (QED) is 0.124. The number of hydrogen-bond acceptors (Lipinski definition) is 0. The summed E-state index contributed by atoms with van der Waals surface area (Å²) in [5, 5.41) is 5.05. The van der Waals surface area contributed by atoms with E-state index < -0.39 is 0 Å². The van der Waals surface area contributed by atoms with Crippen molar-refractivity contribution < 1.29 is 0 Å². The largest absolute Gasteiger partial charge is 0.0622 e. The first-order valence-corrected chi connectivity index (χ1v) is 16.5. The van der Waals surface area contributed by atoms with Crippen LogP contribution in [0.25, 0.3) is 67.6 Å². The molecule has 8 aromatic carbocycles. The molecule has 0 saturated carbocycles. The second-order valence-electron chi connectivity index (χ2n) is 12.1. The van der Waals surface area contributed by atoms with E-state index in [1.165, 1.54) is 77.2 Å². The summed E-state index contributed by atoms with van der Waals surface area (Å²) in [6, 6.07) is 67.5. The van der Waals surface area contributed by atoms with Gasteiger partial charge in [-0.25, -0.2) is 0 Å². The van der Waals surface area contributed by atoms with Gasteiger partial charge in [0.1, 0.15) is 0 Å². The summed E-state index contributed by atoms with van der Waals surface area (Å²) in [6.07, 6.45) is 6.65. The first kappa shape index (κ1) is 29.2. The van der Waals surface area contributed by atoms with E-state index >= 15 is 0 Å². The van der Waals surface area contributed by atoms with Crippen LogP contribution < -0.4 is 0 Å². The summed E-state index contributed by atoms with van der Waals surface area (Å²) in [5.74, 6) is 0. The predicted octanol–water partition coefficient (Wildman–Crippen LogP) is 13.1. The van der Waals surface area contributed by atoms with Gasteiger partial charge in [-0.2, -0.15) is 0 Å². The lowest BCUT2D eigenvalue weighted by Crippen LogP contribution is -1.91. The van der Waals surface area contributed by atoms with Crippen LogP contribution in [0.4, 0.5) is 0 Å². The van der Waals surface area contributed by atoms with Crippen LogP contribution in [0.3, 0.4) is 0 Å². The molecule has 0 nitrogen and oxygen atoms in total. The molecule has 0 aliphatic rings. The van der Waals surface area contributed by atoms with E-state index in [9.17, 15) is 0 Å². The van der Waals surface area contributed by atoms with E-state index in [-0.39, 0.29) is 0 Å². The maximum absolute atomic E-state index is 2.30. The lowest BCUT2D eigenvalue weighted by atomic mass is 9.85. The zero-order valence-electron chi connectivity index (χ0n) is 26.6. The zero-order valence-corrected chi connectivity index (χ0v) is 26.6. The van der Waals surface area contributed by atoms with E-state index in [1.54, 1.807) is 0 Å². The molecule has 48 heavy (non-hydrogen) atoms. The third kappa shape index (κ3) is 5.88. The van der Waals surface area contributed by atoms with Crippen LogP contribution in [0.15, 0.2) is 188 Å². The number of hydrogen-bond donors (Lipinski definition) is 0. The Morgan fingerprint density at radius 3 is 1.04 bits per heavy atom. The molecule has 0 atom stereocenters. The summed E-state index contributed by atoms with van der Waals surface area (Å²) >= 11 is 0. The Balaban J connectivity index is 1.21. The summed E-state index contributed by atoms with van der Waals surface area (Å²) in [6.45, 7) is 0. The van der Waals surface area contributed by atoms with Crippen molar-refractivity contribution in [2.45, 2.75) is 0 Å². The van der Waals surface area contributed by atoms with Crippen molar-refractivity contribution in [1.82, 2.24) is 0 Å². The molecular formula is C48H34. The number of rotatable bonds is 7. The van der Waals surface area contributed by atoms with E-state index in [2.05, 4.69) is 200 Å². The molecule has 8 aromatic rings. The lowest BCUT2D eigenvalue weighted by Gasteiger charge is -2.18. The van der Waals surface area contributed by atoms with Crippen molar-refractivity contribution in [2.75, 3.05) is 0 Å². The predicted molar refractivity (Wildman–Crippen MR) is 208 cm³/mol. The van der Waals surface area contributed by atoms with Gasteiger partial charge in [-0.15, -0.1) is 0 Å². The fourth-order valence-electron chi connectivity index (χ4n) is 6.75. The Labute approximate surface area is 282 Å². The topological polar surface area (TPSA) is 0 Å². The van der Waals surface area contributed by atoms with Crippen LogP contribution in [-0.4, -0.2) is 0 Å². The fraction of sp³-hybridized carbons (Fsp3) is 0. The Bertz CT molecular complexity index is 2280. The highest BCUT2D eigenvalue weighted by atomic mass is 14.2. The second kappa shape index (κ2) is 13.2. The van der Waals surface area contributed by atoms with Crippen LogP contribution in [0.5, 0.6) is 0 Å². The third-order valence-corrected chi connectivity index (χ3v) is 9.08. The van der Waals surface area contributed by atoms with Crippen LogP contribution in [-0.2, 0) is 0 Å². The molecule has 0 aliphatic carbocycles. The van der Waals surface area contributed by atoms with Gasteiger partial charge in [0.15, 0.2) is 0 Å². The molecule has 0 heteroatoms. The molecule has 0 saturated heterocycles. The van der Waals surface area contributed by atoms with Gasteiger partial charge in [0, 0.05) is 0 Å². The van der Waals surface area contributed by atoms with Crippen molar-refractivity contribution in [3.05, 3.63) is 216 Å². The van der Waals surface area contributed by atoms with E-state index in [0.29, 0.717) is 0 Å². The summed E-state index contributed by atoms with van der Waals surface area (Å²) < 4.78 is 0. The third-order valence-electron chi connectivity index (χ3n) is 9.08. The minimum absolute atomic E-state index is 1.17. The number of fused-ring (bicyclic) bond motifs is 2. The molecule has 0 aliphatic heterocycles. The van der Waals surface area contributed by atoms with Gasteiger partial charge < -0.3 is 0 Å². The van der Waals surface area contributed by atoms with E-state index in [0.717, 1.165) is 0 Å². The minimum Gasteiger partial charge on any atom is -0.0622 e.